The molecule has 0 rings (SSSR count). The largest absolute Gasteiger partial charge is 0.330 e. The Balaban J connectivity index is 0. The average Bonchev–Trinajstić information content (AvgIpc) is 2.36. The summed E-state index contributed by atoms with van der Waals surface area (Å²) in [6.07, 6.45) is 3.66. The first kappa shape index (κ1) is 18.3. The van der Waals surface area contributed by atoms with Gasteiger partial charge in [-0.25, -0.2) is 0 Å². The minimum Gasteiger partial charge on any atom is -0.330 e. The zero-order chi connectivity index (χ0) is 13.0. The molecule has 0 aromatic heterocycles. The molecule has 0 atom stereocenters. The van der Waals surface area contributed by atoms with Crippen molar-refractivity contribution in [3.63, 3.8) is 0 Å². The summed E-state index contributed by atoms with van der Waals surface area (Å²) in [7, 11) is 0. The summed E-state index contributed by atoms with van der Waals surface area (Å²) in [5.74, 6) is 0. The van der Waals surface area contributed by atoms with E-state index >= 15 is 0 Å². The van der Waals surface area contributed by atoms with Gasteiger partial charge in [0, 0.05) is 0 Å². The molecule has 0 saturated heterocycles. The van der Waals surface area contributed by atoms with Gasteiger partial charge in [0.1, 0.15) is 0 Å². The summed E-state index contributed by atoms with van der Waals surface area (Å²) in [5, 5.41) is 0. The van der Waals surface area contributed by atoms with Crippen LogP contribution in [0.4, 0.5) is 0 Å². The van der Waals surface area contributed by atoms with Crippen LogP contribution in [0.3, 0.4) is 0 Å². The van der Waals surface area contributed by atoms with E-state index < -0.39 is 0 Å². The molecule has 0 heterocycles. The van der Waals surface area contributed by atoms with Crippen LogP contribution in [0, 0.1) is 5.41 Å². The first-order valence-corrected chi connectivity index (χ1v) is 7.01. The van der Waals surface area contributed by atoms with Gasteiger partial charge in [0.15, 0.2) is 0 Å². The third kappa shape index (κ3) is 7.24. The van der Waals surface area contributed by atoms with E-state index in [0.29, 0.717) is 5.41 Å². The Bertz CT molecular complexity index is 104. The molecule has 0 saturated carbocycles. The molecule has 0 aromatic rings. The van der Waals surface area contributed by atoms with E-state index in [2.05, 4.69) is 46.4 Å². The van der Waals surface area contributed by atoms with Crippen LogP contribution in [0.25, 0.3) is 0 Å². The van der Waals surface area contributed by atoms with Gasteiger partial charge < -0.3 is 10.6 Å². The zero-order valence-electron chi connectivity index (χ0n) is 12.5. The van der Waals surface area contributed by atoms with Crippen LogP contribution < -0.4 is 5.73 Å². The average molecular weight is 230 g/mol. The Hall–Kier alpha value is -0.0800. The maximum absolute atomic E-state index is 5.64. The summed E-state index contributed by atoms with van der Waals surface area (Å²) >= 11 is 0. The molecule has 0 fully saturated rings. The minimum atomic E-state index is 0.444. The molecule has 0 aliphatic heterocycles. The van der Waals surface area contributed by atoms with Crippen LogP contribution in [0.5, 0.6) is 0 Å². The molecule has 2 heteroatoms. The van der Waals surface area contributed by atoms with Crippen molar-refractivity contribution in [1.29, 1.82) is 0 Å². The third-order valence-corrected chi connectivity index (χ3v) is 4.02. The van der Waals surface area contributed by atoms with Crippen LogP contribution >= 0.6 is 0 Å². The lowest BCUT2D eigenvalue weighted by atomic mass is 9.80. The smallest absolute Gasteiger partial charge is 0.00208 e. The topological polar surface area (TPSA) is 29.3 Å². The van der Waals surface area contributed by atoms with Crippen LogP contribution in [0.1, 0.15) is 60.8 Å². The molecular weight excluding hydrogens is 196 g/mol. The molecule has 0 amide bonds. The Kier molecular flexibility index (Phi) is 13.0. The molecule has 0 unspecified atom stereocenters. The van der Waals surface area contributed by atoms with Gasteiger partial charge in [-0.05, 0) is 50.9 Å². The molecule has 2 nitrogen and oxygen atoms in total. The van der Waals surface area contributed by atoms with Gasteiger partial charge in [-0.3, -0.25) is 0 Å². The quantitative estimate of drug-likeness (QED) is 0.725. The lowest BCUT2D eigenvalue weighted by Gasteiger charge is -2.28. The van der Waals surface area contributed by atoms with Gasteiger partial charge in [-0.2, -0.15) is 0 Å². The molecule has 16 heavy (non-hydrogen) atoms. The van der Waals surface area contributed by atoms with E-state index in [-0.39, 0.29) is 0 Å². The SMILES string of the molecule is CCC(CC)(CC)CN.CCN(CC)CC. The second-order valence-electron chi connectivity index (χ2n) is 4.38. The Labute approximate surface area is 104 Å². The van der Waals surface area contributed by atoms with Gasteiger partial charge in [0.2, 0.25) is 0 Å². The van der Waals surface area contributed by atoms with E-state index in [0.717, 1.165) is 6.54 Å². The summed E-state index contributed by atoms with van der Waals surface area (Å²) in [6, 6.07) is 0. The highest BCUT2D eigenvalue weighted by Crippen LogP contribution is 2.28. The second-order valence-corrected chi connectivity index (χ2v) is 4.38. The highest BCUT2D eigenvalue weighted by molar-refractivity contribution is 4.74. The predicted molar refractivity (Wildman–Crippen MR) is 75.8 cm³/mol. The first-order chi connectivity index (χ1) is 7.59. The highest BCUT2D eigenvalue weighted by Gasteiger charge is 2.20. The van der Waals surface area contributed by atoms with Crippen molar-refractivity contribution in [2.75, 3.05) is 26.2 Å². The fraction of sp³-hybridized carbons (Fsp3) is 1.00. The van der Waals surface area contributed by atoms with Gasteiger partial charge in [-0.15, -0.1) is 0 Å². The van der Waals surface area contributed by atoms with Gasteiger partial charge >= 0.3 is 0 Å². The monoisotopic (exact) mass is 230 g/mol. The van der Waals surface area contributed by atoms with Crippen LogP contribution in [-0.2, 0) is 0 Å². The molecular formula is C14H34N2. The predicted octanol–water partition coefficient (Wildman–Crippen LogP) is 3.51. The Morgan fingerprint density at radius 2 is 1.06 bits per heavy atom. The van der Waals surface area contributed by atoms with Gasteiger partial charge in [0.25, 0.3) is 0 Å². The number of hydrogen-bond acceptors (Lipinski definition) is 2. The number of nitrogens with two attached hydrogens (primary N) is 1. The molecule has 0 aromatic carbocycles. The first-order valence-electron chi connectivity index (χ1n) is 7.01. The van der Waals surface area contributed by atoms with Crippen molar-refractivity contribution < 1.29 is 0 Å². The van der Waals surface area contributed by atoms with Crippen molar-refractivity contribution >= 4 is 0 Å². The van der Waals surface area contributed by atoms with Crippen molar-refractivity contribution in [3.05, 3.63) is 0 Å². The third-order valence-electron chi connectivity index (χ3n) is 4.02. The van der Waals surface area contributed by atoms with Crippen LogP contribution in [0.15, 0.2) is 0 Å². The summed E-state index contributed by atoms with van der Waals surface area (Å²) in [6.45, 7) is 17.6. The summed E-state index contributed by atoms with van der Waals surface area (Å²) in [4.78, 5) is 2.38. The summed E-state index contributed by atoms with van der Waals surface area (Å²) in [5.41, 5.74) is 6.08. The number of nitrogens with zero attached hydrogens (tertiary/aromatic N) is 1. The van der Waals surface area contributed by atoms with Crippen molar-refractivity contribution in [2.24, 2.45) is 11.1 Å². The molecule has 0 spiro atoms. The fourth-order valence-electron chi connectivity index (χ4n) is 1.85. The molecule has 0 aliphatic carbocycles. The van der Waals surface area contributed by atoms with Crippen LogP contribution in [-0.4, -0.2) is 31.1 Å². The Morgan fingerprint density at radius 3 is 1.06 bits per heavy atom. The molecule has 0 bridgehead atoms. The van der Waals surface area contributed by atoms with E-state index in [1.165, 1.54) is 38.9 Å². The maximum Gasteiger partial charge on any atom is -0.00208 e. The van der Waals surface area contributed by atoms with E-state index in [1.54, 1.807) is 0 Å². The molecule has 0 radical (unpaired) electrons. The van der Waals surface area contributed by atoms with Crippen LogP contribution in [0.2, 0.25) is 0 Å². The normalized spacial score (nSPS) is 11.2. The zero-order valence-corrected chi connectivity index (χ0v) is 12.5. The Morgan fingerprint density at radius 1 is 0.750 bits per heavy atom. The lowest BCUT2D eigenvalue weighted by Crippen LogP contribution is -2.28. The number of hydrogen-bond donors (Lipinski definition) is 1. The fourth-order valence-corrected chi connectivity index (χ4v) is 1.85. The highest BCUT2D eigenvalue weighted by atomic mass is 15.1. The lowest BCUT2D eigenvalue weighted by molar-refractivity contribution is 0.262. The van der Waals surface area contributed by atoms with E-state index in [4.69, 9.17) is 5.73 Å². The van der Waals surface area contributed by atoms with E-state index in [9.17, 15) is 0 Å². The second kappa shape index (κ2) is 11.4. The summed E-state index contributed by atoms with van der Waals surface area (Å²) < 4.78 is 0. The van der Waals surface area contributed by atoms with Gasteiger partial charge in [0.05, 0.1) is 0 Å². The molecule has 2 N–H and O–H groups in total. The van der Waals surface area contributed by atoms with Crippen molar-refractivity contribution in [2.45, 2.75) is 60.8 Å². The maximum atomic E-state index is 5.64. The van der Waals surface area contributed by atoms with Crippen molar-refractivity contribution in [3.8, 4) is 0 Å². The molecule has 0 aliphatic rings. The standard InChI is InChI=1S/C8H19N.C6H15N/c1-4-8(5-2,6-3)7-9;1-4-7(5-2)6-3/h4-7,9H2,1-3H3;4-6H2,1-3H3. The van der Waals surface area contributed by atoms with E-state index in [1.807, 2.05) is 0 Å². The van der Waals surface area contributed by atoms with Gasteiger partial charge in [-0.1, -0.05) is 41.5 Å². The van der Waals surface area contributed by atoms with Crippen molar-refractivity contribution in [1.82, 2.24) is 4.90 Å². The minimum absolute atomic E-state index is 0.444. The molecule has 100 valence electrons. The number of rotatable bonds is 7.